The van der Waals surface area contributed by atoms with Crippen molar-refractivity contribution in [2.24, 2.45) is 0 Å². The van der Waals surface area contributed by atoms with Gasteiger partial charge in [-0.2, -0.15) is 0 Å². The van der Waals surface area contributed by atoms with Crippen molar-refractivity contribution < 1.29 is 0 Å². The molecule has 0 spiro atoms. The van der Waals surface area contributed by atoms with Gasteiger partial charge in [-0.3, -0.25) is 9.97 Å². The maximum atomic E-state index is 5.20. The molecule has 0 aliphatic carbocycles. The lowest BCUT2D eigenvalue weighted by molar-refractivity contribution is 0.826. The van der Waals surface area contributed by atoms with Gasteiger partial charge in [0.25, 0.3) is 0 Å². The molecule has 0 bridgehead atoms. The standard InChI is InChI=1S/C46H38N4/c1-29(2)40-24-22-32-21-23-38-39(27-41(30(3)4)48-45(38)44(32)47-40)36-19-11-17-34(25-36)35-18-12-20-37(26-35)43-28-42(31-13-7-5-8-14-31)49-46(50-43)33-15-9-6-10-16-33/h5-30H,1-4H3. The van der Waals surface area contributed by atoms with Gasteiger partial charge in [0.15, 0.2) is 5.82 Å². The van der Waals surface area contributed by atoms with Crippen molar-refractivity contribution in [3.05, 3.63) is 157 Å². The van der Waals surface area contributed by atoms with Gasteiger partial charge in [0.2, 0.25) is 0 Å². The van der Waals surface area contributed by atoms with Gasteiger partial charge in [-0.25, -0.2) is 9.97 Å². The molecule has 8 rings (SSSR count). The maximum absolute atomic E-state index is 5.20. The van der Waals surface area contributed by atoms with E-state index in [0.717, 1.165) is 78.0 Å². The fourth-order valence-corrected chi connectivity index (χ4v) is 6.56. The summed E-state index contributed by atoms with van der Waals surface area (Å²) in [4.78, 5) is 20.4. The zero-order chi connectivity index (χ0) is 34.2. The summed E-state index contributed by atoms with van der Waals surface area (Å²) < 4.78 is 0. The van der Waals surface area contributed by atoms with Crippen molar-refractivity contribution in [3.8, 4) is 56.2 Å². The number of pyridine rings is 2. The first-order valence-corrected chi connectivity index (χ1v) is 17.4. The van der Waals surface area contributed by atoms with Crippen LogP contribution >= 0.6 is 0 Å². The summed E-state index contributed by atoms with van der Waals surface area (Å²) in [6, 6.07) is 51.1. The highest BCUT2D eigenvalue weighted by atomic mass is 14.9. The van der Waals surface area contributed by atoms with Crippen LogP contribution in [0.5, 0.6) is 0 Å². The number of aromatic nitrogens is 4. The zero-order valence-electron chi connectivity index (χ0n) is 28.8. The smallest absolute Gasteiger partial charge is 0.160 e. The Kier molecular flexibility index (Phi) is 8.22. The summed E-state index contributed by atoms with van der Waals surface area (Å²) in [7, 11) is 0. The van der Waals surface area contributed by atoms with E-state index in [1.807, 2.05) is 36.4 Å². The van der Waals surface area contributed by atoms with Gasteiger partial charge in [0, 0.05) is 38.9 Å². The molecule has 50 heavy (non-hydrogen) atoms. The summed E-state index contributed by atoms with van der Waals surface area (Å²) >= 11 is 0. The average molecular weight is 647 g/mol. The molecule has 4 nitrogen and oxygen atoms in total. The highest BCUT2D eigenvalue weighted by molar-refractivity contribution is 6.08. The molecule has 3 aromatic heterocycles. The third-order valence-electron chi connectivity index (χ3n) is 9.36. The lowest BCUT2D eigenvalue weighted by atomic mass is 9.93. The molecule has 0 atom stereocenters. The number of nitrogens with zero attached hydrogens (tertiary/aromatic N) is 4. The van der Waals surface area contributed by atoms with Crippen LogP contribution in [-0.4, -0.2) is 19.9 Å². The Balaban J connectivity index is 1.25. The summed E-state index contributed by atoms with van der Waals surface area (Å²) in [5.41, 5.74) is 13.6. The molecule has 0 fully saturated rings. The highest BCUT2D eigenvalue weighted by Gasteiger charge is 2.16. The monoisotopic (exact) mass is 646 g/mol. The van der Waals surface area contributed by atoms with Crippen molar-refractivity contribution in [3.63, 3.8) is 0 Å². The first kappa shape index (κ1) is 31.3. The molecule has 242 valence electrons. The minimum Gasteiger partial charge on any atom is -0.250 e. The van der Waals surface area contributed by atoms with E-state index in [9.17, 15) is 0 Å². The van der Waals surface area contributed by atoms with Crippen LogP contribution in [0, 0.1) is 0 Å². The Morgan fingerprint density at radius 3 is 1.60 bits per heavy atom. The van der Waals surface area contributed by atoms with Gasteiger partial charge in [0.1, 0.15) is 0 Å². The van der Waals surface area contributed by atoms with Gasteiger partial charge in [0.05, 0.1) is 22.4 Å². The van der Waals surface area contributed by atoms with Gasteiger partial charge in [-0.15, -0.1) is 0 Å². The molecule has 0 N–H and O–H groups in total. The Labute approximate surface area is 293 Å². The van der Waals surface area contributed by atoms with Crippen molar-refractivity contribution in [1.29, 1.82) is 0 Å². The minimum atomic E-state index is 0.274. The van der Waals surface area contributed by atoms with E-state index in [1.54, 1.807) is 0 Å². The number of hydrogen-bond donors (Lipinski definition) is 0. The Hall–Kier alpha value is -6.00. The lowest BCUT2D eigenvalue weighted by Crippen LogP contribution is -1.99. The van der Waals surface area contributed by atoms with Crippen molar-refractivity contribution in [1.82, 2.24) is 19.9 Å². The quantitative estimate of drug-likeness (QED) is 0.162. The number of rotatable bonds is 7. The molecule has 0 radical (unpaired) electrons. The first-order chi connectivity index (χ1) is 24.4. The fourth-order valence-electron chi connectivity index (χ4n) is 6.56. The summed E-state index contributed by atoms with van der Waals surface area (Å²) in [6.45, 7) is 8.79. The summed E-state index contributed by atoms with van der Waals surface area (Å²) in [5.74, 6) is 1.32. The van der Waals surface area contributed by atoms with Crippen LogP contribution in [0.3, 0.4) is 0 Å². The maximum Gasteiger partial charge on any atom is 0.160 e. The van der Waals surface area contributed by atoms with Crippen LogP contribution in [-0.2, 0) is 0 Å². The van der Waals surface area contributed by atoms with E-state index in [2.05, 4.69) is 137 Å². The van der Waals surface area contributed by atoms with Crippen molar-refractivity contribution in [2.75, 3.05) is 0 Å². The van der Waals surface area contributed by atoms with Gasteiger partial charge < -0.3 is 0 Å². The third-order valence-corrected chi connectivity index (χ3v) is 9.36. The van der Waals surface area contributed by atoms with Crippen molar-refractivity contribution >= 4 is 21.8 Å². The topological polar surface area (TPSA) is 51.6 Å². The molecule has 0 unspecified atom stereocenters. The molecular weight excluding hydrogens is 609 g/mol. The Morgan fingerprint density at radius 1 is 0.380 bits per heavy atom. The molecule has 0 aliphatic heterocycles. The van der Waals surface area contributed by atoms with E-state index in [0.29, 0.717) is 11.7 Å². The molecule has 0 saturated heterocycles. The van der Waals surface area contributed by atoms with Crippen LogP contribution in [0.4, 0.5) is 0 Å². The normalized spacial score (nSPS) is 11.6. The molecule has 0 amide bonds. The molecule has 0 saturated carbocycles. The van der Waals surface area contributed by atoms with E-state index < -0.39 is 0 Å². The molecule has 0 aliphatic rings. The van der Waals surface area contributed by atoms with E-state index >= 15 is 0 Å². The SMILES string of the molecule is CC(C)c1ccc2ccc3c(-c4cccc(-c5cccc(-c6cc(-c7ccccc7)nc(-c7ccccc7)n6)c5)c4)cc(C(C)C)nc3c2n1. The molecule has 5 aromatic carbocycles. The average Bonchev–Trinajstić information content (AvgIpc) is 3.17. The second-order valence-corrected chi connectivity index (χ2v) is 13.5. The summed E-state index contributed by atoms with van der Waals surface area (Å²) in [6.07, 6.45) is 0. The first-order valence-electron chi connectivity index (χ1n) is 17.4. The number of hydrogen-bond acceptors (Lipinski definition) is 4. The predicted molar refractivity (Wildman–Crippen MR) is 208 cm³/mol. The van der Waals surface area contributed by atoms with Crippen LogP contribution < -0.4 is 0 Å². The summed E-state index contributed by atoms with van der Waals surface area (Å²) in [5, 5.41) is 2.23. The van der Waals surface area contributed by atoms with E-state index in [1.165, 1.54) is 5.56 Å². The highest BCUT2D eigenvalue weighted by Crippen LogP contribution is 2.37. The van der Waals surface area contributed by atoms with Crippen molar-refractivity contribution in [2.45, 2.75) is 39.5 Å². The van der Waals surface area contributed by atoms with Crippen LogP contribution in [0.1, 0.15) is 50.9 Å². The largest absolute Gasteiger partial charge is 0.250 e. The fraction of sp³-hybridized carbons (Fsp3) is 0.130. The van der Waals surface area contributed by atoms with Gasteiger partial charge in [-0.05, 0) is 64.4 Å². The van der Waals surface area contributed by atoms with Crippen LogP contribution in [0.15, 0.2) is 146 Å². The third kappa shape index (κ3) is 6.05. The molecule has 8 aromatic rings. The molecule has 4 heteroatoms. The van der Waals surface area contributed by atoms with Crippen LogP contribution in [0.2, 0.25) is 0 Å². The Morgan fingerprint density at radius 2 is 0.920 bits per heavy atom. The second-order valence-electron chi connectivity index (χ2n) is 13.5. The van der Waals surface area contributed by atoms with Gasteiger partial charge >= 0.3 is 0 Å². The second kappa shape index (κ2) is 13.1. The van der Waals surface area contributed by atoms with Crippen LogP contribution in [0.25, 0.3) is 78.0 Å². The van der Waals surface area contributed by atoms with E-state index in [4.69, 9.17) is 19.9 Å². The predicted octanol–water partition coefficient (Wildman–Crippen LogP) is 12.2. The lowest BCUT2D eigenvalue weighted by Gasteiger charge is -2.15. The minimum absolute atomic E-state index is 0.274. The zero-order valence-corrected chi connectivity index (χ0v) is 28.8. The Bertz CT molecular complexity index is 2430. The molecule has 3 heterocycles. The van der Waals surface area contributed by atoms with Gasteiger partial charge in [-0.1, -0.05) is 143 Å². The van der Waals surface area contributed by atoms with E-state index in [-0.39, 0.29) is 5.92 Å². The number of benzene rings is 5. The number of fused-ring (bicyclic) bond motifs is 3. The molecular formula is C46H38N4.